The number of nitrogens with one attached hydrogen (secondary N) is 1. The molecule has 170 valence electrons. The van der Waals surface area contributed by atoms with Crippen molar-refractivity contribution in [3.8, 4) is 0 Å². The van der Waals surface area contributed by atoms with Crippen LogP contribution in [0.1, 0.15) is 22.3 Å². The fraction of sp³-hybridized carbons (Fsp3) is 0.0769. The lowest BCUT2D eigenvalue weighted by atomic mass is 9.21. The van der Waals surface area contributed by atoms with Crippen molar-refractivity contribution in [1.82, 2.24) is 10.2 Å². The van der Waals surface area contributed by atoms with Crippen LogP contribution in [-0.2, 0) is 4.79 Å². The monoisotopic (exact) mass is 496 g/mol. The fourth-order valence-electron chi connectivity index (χ4n) is 3.96. The summed E-state index contributed by atoms with van der Waals surface area (Å²) >= 11 is 6.49. The molecule has 0 atom stereocenters. The lowest BCUT2D eigenvalue weighted by Crippen LogP contribution is -2.34. The number of aromatic amines is 1. The van der Waals surface area contributed by atoms with E-state index in [4.69, 9.17) is 55.9 Å². The van der Waals surface area contributed by atoms with E-state index in [2.05, 4.69) is 10.2 Å². The second-order valence-electron chi connectivity index (χ2n) is 8.64. The highest BCUT2D eigenvalue weighted by atomic mass is 35.5. The molecule has 10 radical (unpaired) electrons. The number of carboxylic acids is 1. The van der Waals surface area contributed by atoms with Gasteiger partial charge in [-0.2, -0.15) is 5.10 Å². The van der Waals surface area contributed by atoms with Gasteiger partial charge >= 0.3 is 5.97 Å². The number of benzene rings is 3. The number of allylic oxidation sites excluding steroid dienone is 1. The molecule has 4 rings (SSSR count). The first kappa shape index (κ1) is 26.7. The van der Waals surface area contributed by atoms with Crippen LogP contribution in [0, 0.1) is 5.82 Å². The van der Waals surface area contributed by atoms with Crippen molar-refractivity contribution in [3.05, 3.63) is 106 Å². The molecule has 0 fully saturated rings. The lowest BCUT2D eigenvalue weighted by molar-refractivity contribution is -0.131. The minimum Gasteiger partial charge on any atom is -0.478 e. The lowest BCUT2D eigenvalue weighted by Gasteiger charge is -2.46. The number of hydrogen-bond donors (Lipinski definition) is 2. The second-order valence-corrected chi connectivity index (χ2v) is 9.05. The Hall–Kier alpha value is -3.38. The van der Waals surface area contributed by atoms with Crippen LogP contribution in [0.5, 0.6) is 0 Å². The van der Waals surface area contributed by atoms with E-state index in [0.717, 1.165) is 23.0 Å². The predicted molar refractivity (Wildman–Crippen MR) is 151 cm³/mol. The molecule has 0 amide bonds. The first-order chi connectivity index (χ1) is 17.4. The molecule has 0 aliphatic rings. The van der Waals surface area contributed by atoms with Crippen molar-refractivity contribution in [2.75, 3.05) is 0 Å². The van der Waals surface area contributed by atoms with Crippen LogP contribution in [0.2, 0.25) is 15.3 Å². The van der Waals surface area contributed by atoms with Gasteiger partial charge in [-0.1, -0.05) is 53.2 Å². The summed E-state index contributed by atoms with van der Waals surface area (Å²) in [5.74, 6) is -1.64. The van der Waals surface area contributed by atoms with Crippen molar-refractivity contribution >= 4 is 84.9 Å². The highest BCUT2D eigenvalue weighted by Crippen LogP contribution is 2.54. The van der Waals surface area contributed by atoms with E-state index in [1.54, 1.807) is 30.5 Å². The molecule has 0 aliphatic heterocycles. The molecule has 37 heavy (non-hydrogen) atoms. The van der Waals surface area contributed by atoms with Gasteiger partial charge in [0.15, 0.2) is 0 Å². The topological polar surface area (TPSA) is 66.0 Å². The van der Waals surface area contributed by atoms with Crippen LogP contribution in [-0.4, -0.2) is 60.5 Å². The Balaban J connectivity index is 2.10. The number of carboxylic acid groups (broad SMARTS) is 1. The van der Waals surface area contributed by atoms with E-state index in [-0.39, 0.29) is 16.2 Å². The van der Waals surface area contributed by atoms with Crippen molar-refractivity contribution in [2.45, 2.75) is 10.3 Å². The number of fused-ring (bicyclic) bond motifs is 1. The molecule has 0 unspecified atom stereocenters. The van der Waals surface area contributed by atoms with Gasteiger partial charge in [0.1, 0.15) is 5.82 Å². The van der Waals surface area contributed by atoms with E-state index in [1.165, 1.54) is 18.2 Å². The van der Waals surface area contributed by atoms with Gasteiger partial charge in [-0.15, -0.1) is 5.11 Å². The van der Waals surface area contributed by atoms with Gasteiger partial charge in [0.05, 0.1) is 56.0 Å². The van der Waals surface area contributed by atoms with Crippen LogP contribution in [0.15, 0.2) is 72.9 Å². The minimum atomic E-state index is -2.13. The second kappa shape index (κ2) is 10.2. The maximum Gasteiger partial charge on any atom is 0.328 e. The summed E-state index contributed by atoms with van der Waals surface area (Å²) < 4.78 is 14.0. The third-order valence-electron chi connectivity index (χ3n) is 5.93. The molecule has 0 saturated heterocycles. The summed E-state index contributed by atoms with van der Waals surface area (Å²) in [6.45, 7) is 0. The Morgan fingerprint density at radius 2 is 1.65 bits per heavy atom. The summed E-state index contributed by atoms with van der Waals surface area (Å²) in [5, 5.41) is 12.5. The average Bonchev–Trinajstić information content (AvgIpc) is 3.29. The van der Waals surface area contributed by atoms with Crippen molar-refractivity contribution < 1.29 is 14.3 Å². The van der Waals surface area contributed by atoms with Gasteiger partial charge < -0.3 is 5.11 Å². The van der Waals surface area contributed by atoms with E-state index >= 15 is 0 Å². The maximum atomic E-state index is 14.0. The first-order valence-corrected chi connectivity index (χ1v) is 11.4. The van der Waals surface area contributed by atoms with Gasteiger partial charge in [-0.25, -0.2) is 9.18 Å². The molecular weight excluding hydrogens is 481 g/mol. The predicted octanol–water partition coefficient (Wildman–Crippen LogP) is 4.44. The van der Waals surface area contributed by atoms with Crippen molar-refractivity contribution in [2.24, 2.45) is 0 Å². The number of hydrogen-bond acceptors (Lipinski definition) is 2. The minimum absolute atomic E-state index is 0.0161. The Labute approximate surface area is 225 Å². The molecule has 0 aliphatic carbocycles. The SMILES string of the molecule is [B]C([B])([B])C([B])([B])/C(=C(/c1ccc(/C=C/C(=O)O)cc1)c1ccc2[nH]ncc2c1)c1ccc(F)cc1Cl. The molecule has 4 aromatic rings. The van der Waals surface area contributed by atoms with Gasteiger partial charge in [-0.3, -0.25) is 5.10 Å². The Morgan fingerprint density at radius 1 is 0.973 bits per heavy atom. The van der Waals surface area contributed by atoms with Gasteiger partial charge in [0.25, 0.3) is 0 Å². The van der Waals surface area contributed by atoms with E-state index in [1.807, 2.05) is 18.2 Å². The Morgan fingerprint density at radius 3 is 2.27 bits per heavy atom. The molecule has 0 bridgehead atoms. The van der Waals surface area contributed by atoms with E-state index in [0.29, 0.717) is 22.3 Å². The van der Waals surface area contributed by atoms with Crippen LogP contribution in [0.25, 0.3) is 28.1 Å². The Kier molecular flexibility index (Phi) is 7.34. The highest BCUT2D eigenvalue weighted by Gasteiger charge is 2.37. The molecule has 11 heteroatoms. The number of halogens is 2. The summed E-state index contributed by atoms with van der Waals surface area (Å²) in [6.07, 6.45) is 4.13. The molecule has 2 N–H and O–H groups in total. The van der Waals surface area contributed by atoms with Crippen molar-refractivity contribution in [1.29, 1.82) is 0 Å². The van der Waals surface area contributed by atoms with Crippen LogP contribution in [0.3, 0.4) is 0 Å². The highest BCUT2D eigenvalue weighted by molar-refractivity contribution is 6.70. The molecule has 0 spiro atoms. The third-order valence-corrected chi connectivity index (χ3v) is 6.24. The molecule has 0 saturated carbocycles. The third kappa shape index (κ3) is 5.49. The first-order valence-electron chi connectivity index (χ1n) is 11.0. The molecular formula is C26H15B5ClFN2O2. The number of rotatable bonds is 7. The summed E-state index contributed by atoms with van der Waals surface area (Å²) in [4.78, 5) is 10.9. The quantitative estimate of drug-likeness (QED) is 0.226. The number of aliphatic carboxylic acids is 1. The van der Waals surface area contributed by atoms with Crippen LogP contribution in [0.4, 0.5) is 4.39 Å². The molecule has 4 nitrogen and oxygen atoms in total. The van der Waals surface area contributed by atoms with E-state index in [9.17, 15) is 9.18 Å². The molecule has 3 aromatic carbocycles. The summed E-state index contributed by atoms with van der Waals surface area (Å²) in [5.41, 5.74) is 3.59. The van der Waals surface area contributed by atoms with E-state index < -0.39 is 22.1 Å². The standard InChI is InChI=1S/C26H15B5ClFN2O2/c27-25(28,26(29,30)31)24(19-8-7-18(33)12-20(19)32)23(16-6-9-21-17(11-16)13-34-35-21)15-4-1-14(2-5-15)3-10-22(36)37/h1-13H,(H,34,35)(H,36,37)/b10-3+,24-23-. The normalized spacial score (nSPS) is 13.1. The summed E-state index contributed by atoms with van der Waals surface area (Å²) in [7, 11) is 31.3. The number of nitrogens with zero attached hydrogens (tertiary/aromatic N) is 1. The van der Waals surface area contributed by atoms with Crippen LogP contribution < -0.4 is 0 Å². The van der Waals surface area contributed by atoms with Crippen LogP contribution >= 0.6 is 11.6 Å². The van der Waals surface area contributed by atoms with Gasteiger partial charge in [0, 0.05) is 11.5 Å². The fourth-order valence-corrected chi connectivity index (χ4v) is 4.22. The number of H-pyrrole nitrogens is 1. The molecule has 1 heterocycles. The summed E-state index contributed by atoms with van der Waals surface area (Å²) in [6, 6.07) is 16.2. The van der Waals surface area contributed by atoms with Crippen molar-refractivity contribution in [3.63, 3.8) is 0 Å². The van der Waals surface area contributed by atoms with Gasteiger partial charge in [0.2, 0.25) is 0 Å². The molecule has 1 aromatic heterocycles. The zero-order valence-electron chi connectivity index (χ0n) is 19.5. The van der Waals surface area contributed by atoms with Gasteiger partial charge in [-0.05, 0) is 63.7 Å². The number of aromatic nitrogens is 2. The maximum absolute atomic E-state index is 14.0. The number of carbonyl (C=O) groups is 1. The Bertz CT molecular complexity index is 1540. The zero-order chi connectivity index (χ0) is 27.0. The average molecular weight is 496 g/mol. The zero-order valence-corrected chi connectivity index (χ0v) is 20.2. The smallest absolute Gasteiger partial charge is 0.328 e. The largest absolute Gasteiger partial charge is 0.478 e.